The average molecular weight is 375 g/mol. The Morgan fingerprint density at radius 1 is 0.962 bits per heavy atom. The molecule has 0 fully saturated rings. The molecule has 0 unspecified atom stereocenters. The molecule has 8 heteroatoms. The molecule has 26 heavy (non-hydrogen) atoms. The lowest BCUT2D eigenvalue weighted by atomic mass is 10.2. The van der Waals surface area contributed by atoms with E-state index >= 15 is 0 Å². The zero-order valence-corrected chi connectivity index (χ0v) is 14.5. The fraction of sp³-hybridized carbons (Fsp3) is 0.0556. The first-order valence-corrected chi connectivity index (χ1v) is 9.09. The van der Waals surface area contributed by atoms with Gasteiger partial charge in [0.1, 0.15) is 17.5 Å². The lowest BCUT2D eigenvalue weighted by Gasteiger charge is -2.10. The molecule has 0 aliphatic heterocycles. The number of rotatable bonds is 5. The van der Waals surface area contributed by atoms with E-state index in [4.69, 9.17) is 0 Å². The molecular formula is C18H15F2N3O2S. The highest BCUT2D eigenvalue weighted by atomic mass is 32.2. The highest BCUT2D eigenvalue weighted by molar-refractivity contribution is 7.92. The van der Waals surface area contributed by atoms with Crippen LogP contribution < -0.4 is 10.0 Å². The van der Waals surface area contributed by atoms with E-state index in [1.165, 1.54) is 43.5 Å². The molecule has 0 bridgehead atoms. The molecule has 0 aliphatic carbocycles. The molecule has 3 rings (SSSR count). The number of aromatic nitrogens is 1. The van der Waals surface area contributed by atoms with Crippen LogP contribution in [0.15, 0.2) is 65.7 Å². The Labute approximate surface area is 149 Å². The Bertz CT molecular complexity index is 1040. The second-order valence-electron chi connectivity index (χ2n) is 5.58. The number of halogens is 2. The third-order valence-corrected chi connectivity index (χ3v) is 4.91. The van der Waals surface area contributed by atoms with Crippen molar-refractivity contribution in [3.05, 3.63) is 78.0 Å². The number of nitrogens with one attached hydrogen (secondary N) is 2. The third kappa shape index (κ3) is 4.15. The van der Waals surface area contributed by atoms with E-state index in [0.717, 1.165) is 6.07 Å². The fourth-order valence-corrected chi connectivity index (χ4v) is 3.34. The lowest BCUT2D eigenvalue weighted by Crippen LogP contribution is -2.14. The molecule has 0 saturated heterocycles. The largest absolute Gasteiger partial charge is 0.354 e. The molecule has 2 aromatic carbocycles. The van der Waals surface area contributed by atoms with E-state index in [0.29, 0.717) is 11.4 Å². The van der Waals surface area contributed by atoms with Gasteiger partial charge >= 0.3 is 0 Å². The van der Waals surface area contributed by atoms with Gasteiger partial charge < -0.3 is 5.32 Å². The van der Waals surface area contributed by atoms with Crippen molar-refractivity contribution in [3.63, 3.8) is 0 Å². The summed E-state index contributed by atoms with van der Waals surface area (Å²) >= 11 is 0. The van der Waals surface area contributed by atoms with Crippen molar-refractivity contribution in [1.29, 1.82) is 0 Å². The van der Waals surface area contributed by atoms with Crippen LogP contribution in [-0.4, -0.2) is 13.4 Å². The summed E-state index contributed by atoms with van der Waals surface area (Å²) in [7, 11) is -3.88. The molecule has 1 heterocycles. The monoisotopic (exact) mass is 375 g/mol. The van der Waals surface area contributed by atoms with E-state index < -0.39 is 15.8 Å². The van der Waals surface area contributed by atoms with Gasteiger partial charge in [-0.3, -0.25) is 4.72 Å². The van der Waals surface area contributed by atoms with Crippen LogP contribution in [-0.2, 0) is 10.0 Å². The molecular weight excluding hydrogens is 360 g/mol. The van der Waals surface area contributed by atoms with Crippen molar-refractivity contribution >= 4 is 27.2 Å². The van der Waals surface area contributed by atoms with E-state index in [1.807, 2.05) is 0 Å². The summed E-state index contributed by atoms with van der Waals surface area (Å²) < 4.78 is 53.5. The van der Waals surface area contributed by atoms with Gasteiger partial charge in [0, 0.05) is 5.69 Å². The van der Waals surface area contributed by atoms with E-state index in [1.54, 1.807) is 18.2 Å². The van der Waals surface area contributed by atoms with Gasteiger partial charge in [0.25, 0.3) is 10.0 Å². The average Bonchev–Trinajstić information content (AvgIpc) is 2.59. The highest BCUT2D eigenvalue weighted by Crippen LogP contribution is 2.20. The molecule has 1 aromatic heterocycles. The molecule has 0 aliphatic rings. The maximum atomic E-state index is 13.3. The van der Waals surface area contributed by atoms with E-state index in [9.17, 15) is 17.2 Å². The van der Waals surface area contributed by atoms with Gasteiger partial charge in [-0.05, 0) is 61.0 Å². The number of hydrogen-bond donors (Lipinski definition) is 2. The van der Waals surface area contributed by atoms with Crippen LogP contribution in [0.5, 0.6) is 0 Å². The van der Waals surface area contributed by atoms with Gasteiger partial charge in [-0.25, -0.2) is 22.2 Å². The summed E-state index contributed by atoms with van der Waals surface area (Å²) in [6.45, 7) is 1.49. The number of hydrogen-bond acceptors (Lipinski definition) is 4. The quantitative estimate of drug-likeness (QED) is 0.701. The zero-order chi connectivity index (χ0) is 18.7. The zero-order valence-electron chi connectivity index (χ0n) is 13.7. The number of aryl methyl sites for hydroxylation is 1. The molecule has 0 amide bonds. The number of pyridine rings is 1. The predicted molar refractivity (Wildman–Crippen MR) is 95.9 cm³/mol. The smallest absolute Gasteiger partial charge is 0.263 e. The minimum atomic E-state index is -3.88. The summed E-state index contributed by atoms with van der Waals surface area (Å²) in [5, 5.41) is 2.96. The van der Waals surface area contributed by atoms with Crippen LogP contribution in [0.2, 0.25) is 0 Å². The third-order valence-electron chi connectivity index (χ3n) is 3.56. The molecule has 0 radical (unpaired) electrons. The van der Waals surface area contributed by atoms with Crippen LogP contribution in [0, 0.1) is 18.6 Å². The first-order chi connectivity index (χ1) is 12.3. The highest BCUT2D eigenvalue weighted by Gasteiger charge is 2.16. The van der Waals surface area contributed by atoms with E-state index in [2.05, 4.69) is 15.0 Å². The maximum absolute atomic E-state index is 13.3. The number of nitrogens with zero attached hydrogens (tertiary/aromatic N) is 1. The summed E-state index contributed by atoms with van der Waals surface area (Å²) in [6, 6.07) is 12.5. The second kappa shape index (κ2) is 7.09. The Balaban J connectivity index is 1.75. The van der Waals surface area contributed by atoms with Crippen LogP contribution in [0.25, 0.3) is 0 Å². The molecule has 134 valence electrons. The minimum Gasteiger partial charge on any atom is -0.354 e. The van der Waals surface area contributed by atoms with Crippen LogP contribution >= 0.6 is 0 Å². The summed E-state index contributed by atoms with van der Waals surface area (Å²) in [6.07, 6.45) is 1.42. The molecule has 0 spiro atoms. The van der Waals surface area contributed by atoms with Gasteiger partial charge in [0.05, 0.1) is 16.8 Å². The first-order valence-electron chi connectivity index (χ1n) is 7.61. The summed E-state index contributed by atoms with van der Waals surface area (Å²) in [5.41, 5.74) is 1.34. The Hall–Kier alpha value is -3.00. The van der Waals surface area contributed by atoms with Crippen molar-refractivity contribution in [2.45, 2.75) is 11.8 Å². The normalized spacial score (nSPS) is 11.2. The van der Waals surface area contributed by atoms with Gasteiger partial charge in [-0.1, -0.05) is 6.07 Å². The minimum absolute atomic E-state index is 0.0554. The lowest BCUT2D eigenvalue weighted by molar-refractivity contribution is 0.598. The number of sulfonamides is 1. The standard InChI is InChI=1S/C18H15F2N3O2S/c1-12-9-16(6-7-17(12)20)26(24,25)23-18-8-5-15(11-21-18)22-14-4-2-3-13(19)10-14/h2-11,22H,1H3,(H,21,23). The predicted octanol–water partition coefficient (Wildman–Crippen LogP) is 4.21. The Morgan fingerprint density at radius 2 is 1.77 bits per heavy atom. The van der Waals surface area contributed by atoms with Crippen LogP contribution in [0.1, 0.15) is 5.56 Å². The Kier molecular flexibility index (Phi) is 4.85. The molecule has 0 atom stereocenters. The van der Waals surface area contributed by atoms with Crippen molar-refractivity contribution in [1.82, 2.24) is 4.98 Å². The molecule has 0 saturated carbocycles. The molecule has 3 aromatic rings. The van der Waals surface area contributed by atoms with Gasteiger partial charge in [0.15, 0.2) is 0 Å². The van der Waals surface area contributed by atoms with Crippen LogP contribution in [0.4, 0.5) is 26.0 Å². The number of anilines is 3. The van der Waals surface area contributed by atoms with Crippen molar-refractivity contribution in [2.75, 3.05) is 10.0 Å². The first kappa shape index (κ1) is 17.8. The summed E-state index contributed by atoms with van der Waals surface area (Å²) in [5.74, 6) is -0.742. The summed E-state index contributed by atoms with van der Waals surface area (Å²) in [4.78, 5) is 3.97. The number of benzene rings is 2. The van der Waals surface area contributed by atoms with Crippen molar-refractivity contribution < 1.29 is 17.2 Å². The molecule has 5 nitrogen and oxygen atoms in total. The molecule has 2 N–H and O–H groups in total. The van der Waals surface area contributed by atoms with Crippen molar-refractivity contribution in [2.24, 2.45) is 0 Å². The fourth-order valence-electron chi connectivity index (χ4n) is 2.24. The van der Waals surface area contributed by atoms with Gasteiger partial charge in [-0.15, -0.1) is 0 Å². The Morgan fingerprint density at radius 3 is 2.42 bits per heavy atom. The second-order valence-corrected chi connectivity index (χ2v) is 7.27. The van der Waals surface area contributed by atoms with Gasteiger partial charge in [-0.2, -0.15) is 0 Å². The van der Waals surface area contributed by atoms with Crippen LogP contribution in [0.3, 0.4) is 0 Å². The van der Waals surface area contributed by atoms with Crippen molar-refractivity contribution in [3.8, 4) is 0 Å². The van der Waals surface area contributed by atoms with Gasteiger partial charge in [0.2, 0.25) is 0 Å². The topological polar surface area (TPSA) is 71.1 Å². The van der Waals surface area contributed by atoms with E-state index in [-0.39, 0.29) is 22.1 Å². The maximum Gasteiger partial charge on any atom is 0.263 e. The SMILES string of the molecule is Cc1cc(S(=O)(=O)Nc2ccc(Nc3cccc(F)c3)cn2)ccc1F.